The van der Waals surface area contributed by atoms with E-state index in [1.165, 1.54) is 12.3 Å². The van der Waals surface area contributed by atoms with Crippen LogP contribution >= 0.6 is 0 Å². The number of aliphatic imine (C=N–C) groups is 1. The Hall–Kier alpha value is -2.03. The smallest absolute Gasteiger partial charge is 0.212 e. The molecule has 0 amide bonds. The molecule has 0 aliphatic rings. The van der Waals surface area contributed by atoms with Gasteiger partial charge in [-0.25, -0.2) is 4.98 Å². The highest BCUT2D eigenvalue weighted by molar-refractivity contribution is 5.79. The lowest BCUT2D eigenvalue weighted by atomic mass is 10.2. The minimum Gasteiger partial charge on any atom is -0.288 e. The van der Waals surface area contributed by atoms with Crippen LogP contribution in [-0.2, 0) is 6.54 Å². The molecule has 0 aliphatic carbocycles. The van der Waals surface area contributed by atoms with Crippen molar-refractivity contribution in [3.63, 3.8) is 0 Å². The SMILES string of the molecule is Fc1ccc(CN=Cc2ccccc2)cn1. The molecule has 2 rings (SSSR count). The van der Waals surface area contributed by atoms with Gasteiger partial charge in [-0.05, 0) is 17.2 Å². The minimum atomic E-state index is -0.462. The molecule has 1 aromatic heterocycles. The largest absolute Gasteiger partial charge is 0.288 e. The van der Waals surface area contributed by atoms with Crippen LogP contribution in [0.5, 0.6) is 0 Å². The van der Waals surface area contributed by atoms with E-state index in [1.54, 1.807) is 12.3 Å². The lowest BCUT2D eigenvalue weighted by molar-refractivity contribution is 0.582. The van der Waals surface area contributed by atoms with Crippen molar-refractivity contribution < 1.29 is 4.39 Å². The van der Waals surface area contributed by atoms with Gasteiger partial charge in [-0.1, -0.05) is 36.4 Å². The first-order chi connectivity index (χ1) is 7.84. The van der Waals surface area contributed by atoms with E-state index in [2.05, 4.69) is 9.98 Å². The predicted molar refractivity (Wildman–Crippen MR) is 61.9 cm³/mol. The molecule has 0 aliphatic heterocycles. The van der Waals surface area contributed by atoms with Crippen LogP contribution in [0.15, 0.2) is 53.7 Å². The number of halogens is 1. The van der Waals surface area contributed by atoms with Gasteiger partial charge in [0.05, 0.1) is 6.54 Å². The fourth-order valence-corrected chi connectivity index (χ4v) is 1.30. The molecular weight excluding hydrogens is 203 g/mol. The maximum Gasteiger partial charge on any atom is 0.212 e. The lowest BCUT2D eigenvalue weighted by Crippen LogP contribution is -1.87. The summed E-state index contributed by atoms with van der Waals surface area (Å²) in [4.78, 5) is 7.82. The average molecular weight is 214 g/mol. The third-order valence-electron chi connectivity index (χ3n) is 2.10. The van der Waals surface area contributed by atoms with Gasteiger partial charge in [0.25, 0.3) is 0 Å². The summed E-state index contributed by atoms with van der Waals surface area (Å²) in [6, 6.07) is 12.9. The molecule has 2 nitrogen and oxygen atoms in total. The normalized spacial score (nSPS) is 10.8. The van der Waals surface area contributed by atoms with Gasteiger partial charge in [0.1, 0.15) is 0 Å². The molecule has 0 unspecified atom stereocenters. The molecule has 0 atom stereocenters. The van der Waals surface area contributed by atoms with E-state index in [0.29, 0.717) is 6.54 Å². The van der Waals surface area contributed by atoms with Crippen LogP contribution in [0.1, 0.15) is 11.1 Å². The zero-order valence-corrected chi connectivity index (χ0v) is 8.68. The zero-order chi connectivity index (χ0) is 11.2. The first-order valence-corrected chi connectivity index (χ1v) is 5.00. The van der Waals surface area contributed by atoms with E-state index in [9.17, 15) is 4.39 Å². The van der Waals surface area contributed by atoms with Crippen LogP contribution in [0.2, 0.25) is 0 Å². The van der Waals surface area contributed by atoms with Crippen molar-refractivity contribution in [2.45, 2.75) is 6.54 Å². The number of hydrogen-bond donors (Lipinski definition) is 0. The standard InChI is InChI=1S/C13H11FN2/c14-13-7-6-12(10-16-13)9-15-8-11-4-2-1-3-5-11/h1-8,10H,9H2. The van der Waals surface area contributed by atoms with Crippen molar-refractivity contribution in [3.8, 4) is 0 Å². The lowest BCUT2D eigenvalue weighted by Gasteiger charge is -1.95. The maximum absolute atomic E-state index is 12.5. The van der Waals surface area contributed by atoms with Gasteiger partial charge in [-0.15, -0.1) is 0 Å². The summed E-state index contributed by atoms with van der Waals surface area (Å²) in [6.45, 7) is 0.516. The zero-order valence-electron chi connectivity index (χ0n) is 8.68. The number of nitrogens with zero attached hydrogens (tertiary/aromatic N) is 2. The molecule has 0 radical (unpaired) electrons. The average Bonchev–Trinajstić information content (AvgIpc) is 2.33. The fraction of sp³-hybridized carbons (Fsp3) is 0.0769. The molecule has 3 heteroatoms. The summed E-state index contributed by atoms with van der Waals surface area (Å²) in [5.74, 6) is -0.462. The van der Waals surface area contributed by atoms with Crippen molar-refractivity contribution in [1.29, 1.82) is 0 Å². The number of hydrogen-bond acceptors (Lipinski definition) is 2. The van der Waals surface area contributed by atoms with Crippen LogP contribution in [0.4, 0.5) is 4.39 Å². The predicted octanol–water partition coefficient (Wildman–Crippen LogP) is 2.84. The van der Waals surface area contributed by atoms with Gasteiger partial charge in [0.2, 0.25) is 5.95 Å². The van der Waals surface area contributed by atoms with Crippen LogP contribution in [0, 0.1) is 5.95 Å². The van der Waals surface area contributed by atoms with Gasteiger partial charge in [0.15, 0.2) is 0 Å². The molecule has 0 saturated heterocycles. The number of aromatic nitrogens is 1. The highest BCUT2D eigenvalue weighted by Crippen LogP contribution is 2.01. The molecular formula is C13H11FN2. The monoisotopic (exact) mass is 214 g/mol. The van der Waals surface area contributed by atoms with Crippen molar-refractivity contribution in [2.24, 2.45) is 4.99 Å². The molecule has 0 saturated carbocycles. The topological polar surface area (TPSA) is 25.2 Å². The van der Waals surface area contributed by atoms with Crippen molar-refractivity contribution in [3.05, 3.63) is 65.7 Å². The maximum atomic E-state index is 12.5. The van der Waals surface area contributed by atoms with Crippen molar-refractivity contribution in [1.82, 2.24) is 4.98 Å². The van der Waals surface area contributed by atoms with Crippen LogP contribution in [0.25, 0.3) is 0 Å². The second-order valence-corrected chi connectivity index (χ2v) is 3.37. The van der Waals surface area contributed by atoms with Crippen LogP contribution in [-0.4, -0.2) is 11.2 Å². The first-order valence-electron chi connectivity index (χ1n) is 5.00. The second kappa shape index (κ2) is 5.16. The van der Waals surface area contributed by atoms with Crippen molar-refractivity contribution in [2.75, 3.05) is 0 Å². The van der Waals surface area contributed by atoms with Gasteiger partial charge in [-0.3, -0.25) is 4.99 Å². The number of benzene rings is 1. The molecule has 0 spiro atoms. The summed E-state index contributed by atoms with van der Waals surface area (Å²) in [5.41, 5.74) is 1.95. The Balaban J connectivity index is 1.97. The van der Waals surface area contributed by atoms with E-state index < -0.39 is 5.95 Å². The van der Waals surface area contributed by atoms with E-state index in [-0.39, 0.29) is 0 Å². The summed E-state index contributed by atoms with van der Waals surface area (Å²) < 4.78 is 12.5. The summed E-state index contributed by atoms with van der Waals surface area (Å²) >= 11 is 0. The Labute approximate surface area is 93.5 Å². The molecule has 2 aromatic rings. The Kier molecular flexibility index (Phi) is 3.38. The third kappa shape index (κ3) is 2.98. The van der Waals surface area contributed by atoms with Gasteiger partial charge in [0, 0.05) is 12.4 Å². The first kappa shape index (κ1) is 10.5. The molecule has 16 heavy (non-hydrogen) atoms. The fourth-order valence-electron chi connectivity index (χ4n) is 1.30. The van der Waals surface area contributed by atoms with Crippen LogP contribution in [0.3, 0.4) is 0 Å². The molecule has 0 fully saturated rings. The van der Waals surface area contributed by atoms with Crippen LogP contribution < -0.4 is 0 Å². The molecule has 1 heterocycles. The Bertz CT molecular complexity index is 463. The second-order valence-electron chi connectivity index (χ2n) is 3.37. The molecule has 0 N–H and O–H groups in total. The van der Waals surface area contributed by atoms with E-state index in [0.717, 1.165) is 11.1 Å². The summed E-state index contributed by atoms with van der Waals surface area (Å²) in [6.07, 6.45) is 3.29. The van der Waals surface area contributed by atoms with Gasteiger partial charge >= 0.3 is 0 Å². The van der Waals surface area contributed by atoms with E-state index >= 15 is 0 Å². The quantitative estimate of drug-likeness (QED) is 0.569. The summed E-state index contributed by atoms with van der Waals surface area (Å²) in [7, 11) is 0. The Morgan fingerprint density at radius 3 is 2.62 bits per heavy atom. The molecule has 80 valence electrons. The highest BCUT2D eigenvalue weighted by atomic mass is 19.1. The van der Waals surface area contributed by atoms with Crippen molar-refractivity contribution >= 4 is 6.21 Å². The minimum absolute atomic E-state index is 0.462. The Morgan fingerprint density at radius 1 is 1.12 bits per heavy atom. The van der Waals surface area contributed by atoms with E-state index in [1.807, 2.05) is 30.3 Å². The molecule has 0 bridgehead atoms. The third-order valence-corrected chi connectivity index (χ3v) is 2.10. The molecule has 1 aromatic carbocycles. The summed E-state index contributed by atoms with van der Waals surface area (Å²) in [5, 5.41) is 0. The van der Waals surface area contributed by atoms with Gasteiger partial charge < -0.3 is 0 Å². The van der Waals surface area contributed by atoms with E-state index in [4.69, 9.17) is 0 Å². The highest BCUT2D eigenvalue weighted by Gasteiger charge is 1.92. The number of rotatable bonds is 3. The number of pyridine rings is 1. The Morgan fingerprint density at radius 2 is 1.94 bits per heavy atom. The van der Waals surface area contributed by atoms with Gasteiger partial charge in [-0.2, -0.15) is 4.39 Å².